The molecule has 1 unspecified atom stereocenters. The van der Waals surface area contributed by atoms with Gasteiger partial charge in [0.1, 0.15) is 11.9 Å². The molecule has 0 spiro atoms. The van der Waals surface area contributed by atoms with Crippen molar-refractivity contribution in [2.75, 3.05) is 18.6 Å². The topological polar surface area (TPSA) is 70.6 Å². The molecule has 0 fully saturated rings. The van der Waals surface area contributed by atoms with E-state index in [4.69, 9.17) is 9.84 Å². The van der Waals surface area contributed by atoms with Gasteiger partial charge >= 0.3 is 0 Å². The van der Waals surface area contributed by atoms with E-state index in [1.807, 2.05) is 48.5 Å². The third kappa shape index (κ3) is 2.21. The summed E-state index contributed by atoms with van der Waals surface area (Å²) in [5.41, 5.74) is 4.18. The van der Waals surface area contributed by atoms with Crippen molar-refractivity contribution in [1.29, 1.82) is 0 Å². The van der Waals surface area contributed by atoms with Gasteiger partial charge in [-0.05, 0) is 6.07 Å². The van der Waals surface area contributed by atoms with Gasteiger partial charge in [0.2, 0.25) is 0 Å². The molecule has 1 atom stereocenters. The van der Waals surface area contributed by atoms with Crippen molar-refractivity contribution in [2.24, 2.45) is 0 Å². The minimum absolute atomic E-state index is 0.114. The molecule has 2 heterocycles. The number of aliphatic hydroxyl groups is 1. The molecule has 2 aliphatic rings. The Hall–Kier alpha value is -2.63. The van der Waals surface area contributed by atoms with Crippen LogP contribution in [0, 0.1) is 0 Å². The number of aliphatic hydroxyl groups excluding tert-OH is 1. The van der Waals surface area contributed by atoms with Crippen molar-refractivity contribution < 1.29 is 14.6 Å². The highest BCUT2D eigenvalue weighted by Crippen LogP contribution is 2.45. The Kier molecular flexibility index (Phi) is 3.37. The zero-order valence-corrected chi connectivity index (χ0v) is 12.4. The highest BCUT2D eigenvalue weighted by Gasteiger charge is 2.35. The summed E-state index contributed by atoms with van der Waals surface area (Å²) in [6, 6.07) is 15.4. The van der Waals surface area contributed by atoms with Gasteiger partial charge in [-0.25, -0.2) is 0 Å². The highest BCUT2D eigenvalue weighted by atomic mass is 16.5. The molecule has 0 bridgehead atoms. The summed E-state index contributed by atoms with van der Waals surface area (Å²) in [6.45, 7) is 0.366. The van der Waals surface area contributed by atoms with Gasteiger partial charge in [-0.15, -0.1) is 0 Å². The molecule has 0 radical (unpaired) electrons. The van der Waals surface area contributed by atoms with E-state index < -0.39 is 0 Å². The average molecular weight is 308 g/mol. The second-order valence-electron chi connectivity index (χ2n) is 5.51. The number of benzene rings is 2. The molecule has 0 aromatic heterocycles. The van der Waals surface area contributed by atoms with E-state index in [2.05, 4.69) is 10.6 Å². The Balaban J connectivity index is 1.85. The number of rotatable bonds is 3. The summed E-state index contributed by atoms with van der Waals surface area (Å²) in [5, 5.41) is 14.7. The average Bonchev–Trinajstić information content (AvgIpc) is 3.09. The predicted octanol–water partition coefficient (Wildman–Crippen LogP) is 2.12. The van der Waals surface area contributed by atoms with E-state index in [9.17, 15) is 4.79 Å². The number of anilines is 1. The molecule has 3 N–H and O–H groups in total. The minimum Gasteiger partial charge on any atom is -0.483 e. The zero-order chi connectivity index (χ0) is 15.8. The Labute approximate surface area is 133 Å². The first-order valence-corrected chi connectivity index (χ1v) is 7.52. The van der Waals surface area contributed by atoms with Crippen LogP contribution in [0.25, 0.3) is 11.3 Å². The quantitative estimate of drug-likeness (QED) is 0.600. The molecule has 23 heavy (non-hydrogen) atoms. The summed E-state index contributed by atoms with van der Waals surface area (Å²) in [6.07, 6.45) is -0.221. The van der Waals surface area contributed by atoms with E-state index in [0.717, 1.165) is 22.4 Å². The highest BCUT2D eigenvalue weighted by molar-refractivity contribution is 6.36. The van der Waals surface area contributed by atoms with Gasteiger partial charge in [0, 0.05) is 28.9 Å². The fraction of sp³-hybridized carbons (Fsp3) is 0.167. The maximum absolute atomic E-state index is 12.4. The standard InChI is InChI=1S/C18H16N2O3/c21-10-19-9-15-11-5-1-2-6-12(11)17(23-15)16-13-7-3-4-8-14(13)20-18(16)22/h1-8,15,19,21H,9-10H2,(H,20,22). The lowest BCUT2D eigenvalue weighted by atomic mass is 9.99. The van der Waals surface area contributed by atoms with Crippen LogP contribution in [0.2, 0.25) is 0 Å². The van der Waals surface area contributed by atoms with E-state index in [1.165, 1.54) is 0 Å². The first-order valence-electron chi connectivity index (χ1n) is 7.52. The molecule has 116 valence electrons. The monoisotopic (exact) mass is 308 g/mol. The van der Waals surface area contributed by atoms with Gasteiger partial charge < -0.3 is 15.2 Å². The molecule has 0 saturated heterocycles. The molecule has 2 aliphatic heterocycles. The van der Waals surface area contributed by atoms with Crippen LogP contribution in [0.5, 0.6) is 0 Å². The third-order valence-corrected chi connectivity index (χ3v) is 4.15. The lowest BCUT2D eigenvalue weighted by Crippen LogP contribution is -2.21. The van der Waals surface area contributed by atoms with E-state index in [-0.39, 0.29) is 18.7 Å². The van der Waals surface area contributed by atoms with Crippen molar-refractivity contribution in [3.8, 4) is 0 Å². The Morgan fingerprint density at radius 1 is 1.09 bits per heavy atom. The third-order valence-electron chi connectivity index (χ3n) is 4.15. The Morgan fingerprint density at radius 2 is 1.83 bits per heavy atom. The number of carbonyl (C=O) groups excluding carboxylic acids is 1. The normalized spacial score (nSPS) is 21.6. The number of nitrogens with one attached hydrogen (secondary N) is 2. The second kappa shape index (κ2) is 5.53. The van der Waals surface area contributed by atoms with Crippen molar-refractivity contribution in [3.63, 3.8) is 0 Å². The number of hydrogen-bond acceptors (Lipinski definition) is 4. The Morgan fingerprint density at radius 3 is 2.65 bits per heavy atom. The van der Waals surface area contributed by atoms with Gasteiger partial charge in [-0.3, -0.25) is 10.1 Å². The zero-order valence-electron chi connectivity index (χ0n) is 12.4. The van der Waals surface area contributed by atoms with Crippen molar-refractivity contribution >= 4 is 22.9 Å². The van der Waals surface area contributed by atoms with E-state index in [0.29, 0.717) is 17.9 Å². The van der Waals surface area contributed by atoms with Crippen LogP contribution in [-0.4, -0.2) is 24.3 Å². The van der Waals surface area contributed by atoms with Crippen molar-refractivity contribution in [3.05, 3.63) is 65.2 Å². The summed E-state index contributed by atoms with van der Waals surface area (Å²) in [4.78, 5) is 12.4. The molecule has 2 aromatic rings. The first kappa shape index (κ1) is 14.0. The summed E-state index contributed by atoms with van der Waals surface area (Å²) in [5.74, 6) is 0.458. The fourth-order valence-electron chi connectivity index (χ4n) is 3.14. The van der Waals surface area contributed by atoms with Crippen LogP contribution in [0.1, 0.15) is 22.8 Å². The number of para-hydroxylation sites is 1. The SMILES string of the molecule is O=C1Nc2ccccc2C1=C1OC(CNCO)c2ccccc21. The maximum Gasteiger partial charge on any atom is 0.260 e. The maximum atomic E-state index is 12.4. The molecular weight excluding hydrogens is 292 g/mol. The van der Waals surface area contributed by atoms with Gasteiger partial charge in [-0.2, -0.15) is 0 Å². The lowest BCUT2D eigenvalue weighted by Gasteiger charge is -2.12. The molecule has 0 aliphatic carbocycles. The molecule has 5 heteroatoms. The van der Waals surface area contributed by atoms with Gasteiger partial charge in [0.05, 0.1) is 12.3 Å². The first-order chi connectivity index (χ1) is 11.3. The van der Waals surface area contributed by atoms with Crippen LogP contribution in [0.3, 0.4) is 0 Å². The van der Waals surface area contributed by atoms with E-state index in [1.54, 1.807) is 0 Å². The van der Waals surface area contributed by atoms with Crippen LogP contribution in [0.4, 0.5) is 5.69 Å². The molecule has 4 rings (SSSR count). The van der Waals surface area contributed by atoms with Crippen molar-refractivity contribution in [1.82, 2.24) is 5.32 Å². The van der Waals surface area contributed by atoms with Gasteiger partial charge in [0.15, 0.2) is 0 Å². The van der Waals surface area contributed by atoms with Crippen LogP contribution < -0.4 is 10.6 Å². The molecule has 1 amide bonds. The molecule has 5 nitrogen and oxygen atoms in total. The summed E-state index contributed by atoms with van der Waals surface area (Å²) >= 11 is 0. The number of amides is 1. The fourth-order valence-corrected chi connectivity index (χ4v) is 3.14. The van der Waals surface area contributed by atoms with Crippen LogP contribution >= 0.6 is 0 Å². The smallest absolute Gasteiger partial charge is 0.260 e. The lowest BCUT2D eigenvalue weighted by molar-refractivity contribution is -0.110. The number of carbonyl (C=O) groups is 1. The Bertz CT molecular complexity index is 813. The predicted molar refractivity (Wildman–Crippen MR) is 87.2 cm³/mol. The van der Waals surface area contributed by atoms with Gasteiger partial charge in [-0.1, -0.05) is 42.5 Å². The molecular formula is C18H16N2O3. The number of hydrogen-bond donors (Lipinski definition) is 3. The minimum atomic E-state index is -0.221. The summed E-state index contributed by atoms with van der Waals surface area (Å²) in [7, 11) is 0. The van der Waals surface area contributed by atoms with Gasteiger partial charge in [0.25, 0.3) is 5.91 Å². The molecule has 0 saturated carbocycles. The van der Waals surface area contributed by atoms with Crippen molar-refractivity contribution in [2.45, 2.75) is 6.10 Å². The van der Waals surface area contributed by atoms with Crippen LogP contribution in [0.15, 0.2) is 48.5 Å². The summed E-state index contributed by atoms with van der Waals surface area (Å²) < 4.78 is 6.09. The van der Waals surface area contributed by atoms with E-state index >= 15 is 0 Å². The van der Waals surface area contributed by atoms with Crippen LogP contribution in [-0.2, 0) is 9.53 Å². The number of ether oxygens (including phenoxy) is 1. The largest absolute Gasteiger partial charge is 0.483 e. The second-order valence-corrected chi connectivity index (χ2v) is 5.51. The number of fused-ring (bicyclic) bond motifs is 2. The molecule has 2 aromatic carbocycles.